The van der Waals surface area contributed by atoms with Crippen LogP contribution >= 0.6 is 23.2 Å². The van der Waals surface area contributed by atoms with Crippen LogP contribution in [0.2, 0.25) is 10.0 Å². The highest BCUT2D eigenvalue weighted by Crippen LogP contribution is 2.32. The summed E-state index contributed by atoms with van der Waals surface area (Å²) in [5, 5.41) is 5.17. The number of benzene rings is 1. The smallest absolute Gasteiger partial charge is 0.0641 e. The Hall–Kier alpha value is -0.400. The second kappa shape index (κ2) is 7.56. The van der Waals surface area contributed by atoms with Crippen molar-refractivity contribution in [2.24, 2.45) is 5.92 Å². The summed E-state index contributed by atoms with van der Waals surface area (Å²) in [6, 6.07) is 4.45. The van der Waals surface area contributed by atoms with Crippen LogP contribution in [0.15, 0.2) is 12.1 Å². The monoisotopic (exact) mass is 313 g/mol. The lowest BCUT2D eigenvalue weighted by Crippen LogP contribution is -2.18. The summed E-state index contributed by atoms with van der Waals surface area (Å²) >= 11 is 12.5. The van der Waals surface area contributed by atoms with Gasteiger partial charge in [0.1, 0.15) is 0 Å². The minimum Gasteiger partial charge on any atom is -0.381 e. The number of aryl methyl sites for hydroxylation is 1. The molecule has 2 unspecified atom stereocenters. The van der Waals surface area contributed by atoms with Crippen LogP contribution in [0.5, 0.6) is 0 Å². The van der Waals surface area contributed by atoms with Crippen molar-refractivity contribution in [1.29, 1.82) is 0 Å². The van der Waals surface area contributed by atoms with Gasteiger partial charge in [-0.3, -0.25) is 0 Å². The van der Waals surface area contributed by atoms with Crippen molar-refractivity contribution in [3.63, 3.8) is 0 Å². The highest BCUT2D eigenvalue weighted by atomic mass is 35.5. The molecule has 0 radical (unpaired) electrons. The fourth-order valence-electron chi connectivity index (χ4n) is 3.20. The first-order chi connectivity index (χ1) is 9.60. The maximum atomic E-state index is 6.32. The molecule has 0 spiro atoms. The fourth-order valence-corrected chi connectivity index (χ4v) is 3.63. The van der Waals surface area contributed by atoms with Crippen molar-refractivity contribution in [3.8, 4) is 0 Å². The molecule has 0 saturated heterocycles. The standard InChI is InChI=1S/C17H25Cl2N/c1-3-5-13-6-4-7-14(9-8-13)20-17-11-15(18)12(2)10-16(17)19/h10-11,13-14,20H,3-9H2,1-2H3. The third-order valence-corrected chi connectivity index (χ3v) is 5.11. The molecule has 0 aliphatic heterocycles. The summed E-state index contributed by atoms with van der Waals surface area (Å²) in [6.45, 7) is 4.27. The van der Waals surface area contributed by atoms with Gasteiger partial charge in [-0.15, -0.1) is 0 Å². The Balaban J connectivity index is 1.98. The fraction of sp³-hybridized carbons (Fsp3) is 0.647. The topological polar surface area (TPSA) is 12.0 Å². The van der Waals surface area contributed by atoms with Gasteiger partial charge in [0.25, 0.3) is 0 Å². The van der Waals surface area contributed by atoms with E-state index >= 15 is 0 Å². The van der Waals surface area contributed by atoms with Gasteiger partial charge in [-0.25, -0.2) is 0 Å². The molecule has 1 aromatic rings. The van der Waals surface area contributed by atoms with Crippen LogP contribution in [0.4, 0.5) is 5.69 Å². The van der Waals surface area contributed by atoms with Crippen LogP contribution in [0.3, 0.4) is 0 Å². The molecule has 1 saturated carbocycles. The third kappa shape index (κ3) is 4.30. The number of hydrogen-bond acceptors (Lipinski definition) is 1. The van der Waals surface area contributed by atoms with Gasteiger partial charge in [0.15, 0.2) is 0 Å². The van der Waals surface area contributed by atoms with Crippen molar-refractivity contribution < 1.29 is 0 Å². The average molecular weight is 314 g/mol. The molecule has 112 valence electrons. The Morgan fingerprint density at radius 3 is 2.65 bits per heavy atom. The van der Waals surface area contributed by atoms with Gasteiger partial charge in [0, 0.05) is 11.1 Å². The van der Waals surface area contributed by atoms with Crippen LogP contribution in [-0.4, -0.2) is 6.04 Å². The molecule has 0 bridgehead atoms. The Morgan fingerprint density at radius 2 is 1.90 bits per heavy atom. The number of hydrogen-bond donors (Lipinski definition) is 1. The largest absolute Gasteiger partial charge is 0.381 e. The SMILES string of the molecule is CCCC1CCCC(Nc2cc(Cl)c(C)cc2Cl)CC1. The highest BCUT2D eigenvalue weighted by Gasteiger charge is 2.19. The number of nitrogens with one attached hydrogen (secondary N) is 1. The lowest BCUT2D eigenvalue weighted by Gasteiger charge is -2.19. The molecule has 3 heteroatoms. The Bertz CT molecular complexity index is 445. The van der Waals surface area contributed by atoms with Crippen LogP contribution in [-0.2, 0) is 0 Å². The van der Waals surface area contributed by atoms with Gasteiger partial charge >= 0.3 is 0 Å². The molecule has 1 aliphatic carbocycles. The Morgan fingerprint density at radius 1 is 1.10 bits per heavy atom. The van der Waals surface area contributed by atoms with Crippen molar-refractivity contribution >= 4 is 28.9 Å². The molecule has 2 rings (SSSR count). The van der Waals surface area contributed by atoms with E-state index in [0.717, 1.165) is 27.2 Å². The first-order valence-electron chi connectivity index (χ1n) is 7.82. The molecule has 2 atom stereocenters. The summed E-state index contributed by atoms with van der Waals surface area (Å²) in [6.07, 6.45) is 9.21. The molecule has 1 fully saturated rings. The van der Waals surface area contributed by atoms with E-state index in [1.807, 2.05) is 19.1 Å². The second-order valence-electron chi connectivity index (χ2n) is 6.09. The predicted octanol–water partition coefficient (Wildman–Crippen LogP) is 6.46. The van der Waals surface area contributed by atoms with E-state index in [9.17, 15) is 0 Å². The zero-order valence-corrected chi connectivity index (χ0v) is 14.0. The summed E-state index contributed by atoms with van der Waals surface area (Å²) in [4.78, 5) is 0. The summed E-state index contributed by atoms with van der Waals surface area (Å²) in [5.41, 5.74) is 2.02. The van der Waals surface area contributed by atoms with E-state index < -0.39 is 0 Å². The number of anilines is 1. The average Bonchev–Trinajstić information content (AvgIpc) is 2.62. The maximum absolute atomic E-state index is 6.32. The minimum atomic E-state index is 0.535. The molecule has 0 aromatic heterocycles. The molecule has 1 nitrogen and oxygen atoms in total. The van der Waals surface area contributed by atoms with Gasteiger partial charge in [0.2, 0.25) is 0 Å². The lowest BCUT2D eigenvalue weighted by molar-refractivity contribution is 0.422. The van der Waals surface area contributed by atoms with Gasteiger partial charge < -0.3 is 5.32 Å². The van der Waals surface area contributed by atoms with Crippen molar-refractivity contribution in [3.05, 3.63) is 27.7 Å². The molecule has 0 amide bonds. The summed E-state index contributed by atoms with van der Waals surface area (Å²) in [5.74, 6) is 0.920. The second-order valence-corrected chi connectivity index (χ2v) is 6.90. The molecule has 1 aromatic carbocycles. The highest BCUT2D eigenvalue weighted by molar-refractivity contribution is 6.35. The maximum Gasteiger partial charge on any atom is 0.0641 e. The van der Waals surface area contributed by atoms with Crippen molar-refractivity contribution in [1.82, 2.24) is 0 Å². The van der Waals surface area contributed by atoms with Crippen LogP contribution < -0.4 is 5.32 Å². The van der Waals surface area contributed by atoms with Gasteiger partial charge in [0.05, 0.1) is 10.7 Å². The normalized spacial score (nSPS) is 23.4. The quantitative estimate of drug-likeness (QED) is 0.629. The zero-order valence-electron chi connectivity index (χ0n) is 12.5. The van der Waals surface area contributed by atoms with Crippen molar-refractivity contribution in [2.75, 3.05) is 5.32 Å². The van der Waals surface area contributed by atoms with Crippen molar-refractivity contribution in [2.45, 2.75) is 64.8 Å². The zero-order chi connectivity index (χ0) is 14.5. The van der Waals surface area contributed by atoms with Crippen LogP contribution in [0.25, 0.3) is 0 Å². The van der Waals surface area contributed by atoms with E-state index in [2.05, 4.69) is 12.2 Å². The minimum absolute atomic E-state index is 0.535. The van der Waals surface area contributed by atoms with Gasteiger partial charge in [-0.2, -0.15) is 0 Å². The molecule has 0 heterocycles. The molecular weight excluding hydrogens is 289 g/mol. The number of rotatable bonds is 4. The van der Waals surface area contributed by atoms with E-state index in [4.69, 9.17) is 23.2 Å². The number of halogens is 2. The first kappa shape index (κ1) is 16.0. The summed E-state index contributed by atoms with van der Waals surface area (Å²) < 4.78 is 0. The Labute approximate surface area is 133 Å². The lowest BCUT2D eigenvalue weighted by atomic mass is 9.95. The van der Waals surface area contributed by atoms with Crippen LogP contribution in [0, 0.1) is 12.8 Å². The molecular formula is C17H25Cl2N. The molecule has 1 N–H and O–H groups in total. The van der Waals surface area contributed by atoms with Crippen LogP contribution in [0.1, 0.15) is 57.4 Å². The van der Waals surface area contributed by atoms with E-state index in [1.54, 1.807) is 0 Å². The molecule has 1 aliphatic rings. The Kier molecular flexibility index (Phi) is 6.04. The first-order valence-corrected chi connectivity index (χ1v) is 8.58. The summed E-state index contributed by atoms with van der Waals surface area (Å²) in [7, 11) is 0. The third-order valence-electron chi connectivity index (χ3n) is 4.39. The van der Waals surface area contributed by atoms with E-state index in [-0.39, 0.29) is 0 Å². The van der Waals surface area contributed by atoms with E-state index in [0.29, 0.717) is 6.04 Å². The van der Waals surface area contributed by atoms with Gasteiger partial charge in [-0.05, 0) is 49.8 Å². The predicted molar refractivity (Wildman–Crippen MR) is 90.1 cm³/mol. The van der Waals surface area contributed by atoms with E-state index in [1.165, 1.54) is 44.9 Å². The molecule has 20 heavy (non-hydrogen) atoms. The van der Waals surface area contributed by atoms with Gasteiger partial charge in [-0.1, -0.05) is 55.8 Å².